The SMILES string of the molecule is Cc1cccc(NC(=O)c2ccc(NS(=O)(=O)c3cccs3)cc2)c1C(=O)N1CCCC1. The van der Waals surface area contributed by atoms with Gasteiger partial charge in [0.2, 0.25) is 0 Å². The summed E-state index contributed by atoms with van der Waals surface area (Å²) >= 11 is 1.13. The van der Waals surface area contributed by atoms with Crippen LogP contribution in [-0.4, -0.2) is 38.2 Å². The zero-order valence-electron chi connectivity index (χ0n) is 17.5. The molecule has 166 valence electrons. The van der Waals surface area contributed by atoms with Gasteiger partial charge in [-0.15, -0.1) is 11.3 Å². The molecule has 1 saturated heterocycles. The molecule has 2 heterocycles. The third-order valence-corrected chi connectivity index (χ3v) is 8.07. The van der Waals surface area contributed by atoms with Gasteiger partial charge in [-0.1, -0.05) is 18.2 Å². The van der Waals surface area contributed by atoms with E-state index in [4.69, 9.17) is 0 Å². The standard InChI is InChI=1S/C23H23N3O4S2/c1-16-6-4-7-19(21(16)23(28)26-13-2-3-14-26)24-22(27)17-9-11-18(12-10-17)25-32(29,30)20-8-5-15-31-20/h4-12,15,25H,2-3,13-14H2,1H3,(H,24,27). The van der Waals surface area contributed by atoms with E-state index in [0.29, 0.717) is 22.5 Å². The van der Waals surface area contributed by atoms with Gasteiger partial charge in [-0.3, -0.25) is 14.3 Å². The summed E-state index contributed by atoms with van der Waals surface area (Å²) in [5.41, 5.74) is 2.48. The minimum absolute atomic E-state index is 0.0748. The smallest absolute Gasteiger partial charge is 0.271 e. The molecule has 0 atom stereocenters. The molecule has 4 rings (SSSR count). The lowest BCUT2D eigenvalue weighted by atomic mass is 10.0. The van der Waals surface area contributed by atoms with Gasteiger partial charge in [-0.2, -0.15) is 0 Å². The quantitative estimate of drug-likeness (QED) is 0.561. The second-order valence-electron chi connectivity index (χ2n) is 7.57. The van der Waals surface area contributed by atoms with Crippen molar-refractivity contribution in [3.8, 4) is 0 Å². The maximum absolute atomic E-state index is 13.0. The highest BCUT2D eigenvalue weighted by molar-refractivity contribution is 7.94. The average Bonchev–Trinajstić information content (AvgIpc) is 3.48. The van der Waals surface area contributed by atoms with Crippen LogP contribution < -0.4 is 10.0 Å². The first-order valence-corrected chi connectivity index (χ1v) is 12.6. The van der Waals surface area contributed by atoms with Gasteiger partial charge in [0.15, 0.2) is 0 Å². The number of rotatable bonds is 6. The minimum atomic E-state index is -3.65. The second kappa shape index (κ2) is 9.13. The molecule has 0 unspecified atom stereocenters. The van der Waals surface area contributed by atoms with Gasteiger partial charge in [0.25, 0.3) is 21.8 Å². The summed E-state index contributed by atoms with van der Waals surface area (Å²) in [6, 6.07) is 14.7. The molecule has 1 fully saturated rings. The number of sulfonamides is 1. The lowest BCUT2D eigenvalue weighted by molar-refractivity contribution is 0.0793. The number of nitrogens with one attached hydrogen (secondary N) is 2. The van der Waals surface area contributed by atoms with Crippen LogP contribution >= 0.6 is 11.3 Å². The first-order valence-electron chi connectivity index (χ1n) is 10.2. The van der Waals surface area contributed by atoms with Crippen LogP contribution in [0.3, 0.4) is 0 Å². The Kier molecular flexibility index (Phi) is 6.29. The van der Waals surface area contributed by atoms with Crippen LogP contribution in [-0.2, 0) is 10.0 Å². The normalized spacial score (nSPS) is 13.7. The van der Waals surface area contributed by atoms with Gasteiger partial charge >= 0.3 is 0 Å². The van der Waals surface area contributed by atoms with Crippen molar-refractivity contribution >= 4 is 44.5 Å². The largest absolute Gasteiger partial charge is 0.339 e. The summed E-state index contributed by atoms with van der Waals surface area (Å²) < 4.78 is 27.4. The van der Waals surface area contributed by atoms with Crippen LogP contribution in [0.5, 0.6) is 0 Å². The molecule has 0 spiro atoms. The Morgan fingerprint density at radius 3 is 2.34 bits per heavy atom. The predicted octanol–water partition coefficient (Wildman–Crippen LogP) is 4.35. The van der Waals surface area contributed by atoms with E-state index < -0.39 is 10.0 Å². The number of carbonyl (C=O) groups is 2. The van der Waals surface area contributed by atoms with Crippen LogP contribution in [0, 0.1) is 6.92 Å². The third-order valence-electron chi connectivity index (χ3n) is 5.29. The molecule has 2 aromatic carbocycles. The number of hydrogen-bond donors (Lipinski definition) is 2. The maximum atomic E-state index is 13.0. The van der Waals surface area contributed by atoms with Crippen molar-refractivity contribution in [2.45, 2.75) is 24.0 Å². The monoisotopic (exact) mass is 469 g/mol. The van der Waals surface area contributed by atoms with Crippen LogP contribution in [0.1, 0.15) is 39.1 Å². The van der Waals surface area contributed by atoms with Gasteiger partial charge in [0, 0.05) is 24.3 Å². The number of hydrogen-bond acceptors (Lipinski definition) is 5. The first-order chi connectivity index (χ1) is 15.3. The number of likely N-dealkylation sites (tertiary alicyclic amines) is 1. The van der Waals surface area contributed by atoms with Gasteiger partial charge < -0.3 is 10.2 Å². The lowest BCUT2D eigenvalue weighted by Gasteiger charge is -2.19. The van der Waals surface area contributed by atoms with Crippen molar-refractivity contribution in [2.24, 2.45) is 0 Å². The molecule has 0 radical (unpaired) electrons. The number of nitrogens with zero attached hydrogens (tertiary/aromatic N) is 1. The Hall–Kier alpha value is -3.17. The number of benzene rings is 2. The molecule has 1 aliphatic rings. The van der Waals surface area contributed by atoms with Gasteiger partial charge in [0.05, 0.1) is 11.3 Å². The number of aryl methyl sites for hydroxylation is 1. The van der Waals surface area contributed by atoms with Gasteiger partial charge in [-0.05, 0) is 67.1 Å². The fourth-order valence-electron chi connectivity index (χ4n) is 3.64. The molecule has 7 nitrogen and oxygen atoms in total. The highest BCUT2D eigenvalue weighted by Crippen LogP contribution is 2.25. The number of amides is 2. The molecule has 1 aliphatic heterocycles. The lowest BCUT2D eigenvalue weighted by Crippen LogP contribution is -2.29. The van der Waals surface area contributed by atoms with E-state index >= 15 is 0 Å². The summed E-state index contributed by atoms with van der Waals surface area (Å²) in [6.45, 7) is 3.31. The molecule has 9 heteroatoms. The van der Waals surface area contributed by atoms with Crippen molar-refractivity contribution in [3.05, 3.63) is 76.7 Å². The van der Waals surface area contributed by atoms with Crippen molar-refractivity contribution in [1.29, 1.82) is 0 Å². The van der Waals surface area contributed by atoms with Crippen molar-refractivity contribution < 1.29 is 18.0 Å². The molecule has 0 aliphatic carbocycles. The van der Waals surface area contributed by atoms with Crippen LogP contribution in [0.25, 0.3) is 0 Å². The topological polar surface area (TPSA) is 95.6 Å². The second-order valence-corrected chi connectivity index (χ2v) is 10.4. The zero-order valence-corrected chi connectivity index (χ0v) is 19.1. The zero-order chi connectivity index (χ0) is 22.7. The van der Waals surface area contributed by atoms with Gasteiger partial charge in [-0.25, -0.2) is 8.42 Å². The number of anilines is 2. The molecular formula is C23H23N3O4S2. The highest BCUT2D eigenvalue weighted by atomic mass is 32.2. The summed E-state index contributed by atoms with van der Waals surface area (Å²) in [7, 11) is -3.65. The summed E-state index contributed by atoms with van der Waals surface area (Å²) in [4.78, 5) is 27.6. The Morgan fingerprint density at radius 2 is 1.69 bits per heavy atom. The Balaban J connectivity index is 1.50. The maximum Gasteiger partial charge on any atom is 0.271 e. The summed E-state index contributed by atoms with van der Waals surface area (Å²) in [6.07, 6.45) is 1.98. The predicted molar refractivity (Wildman–Crippen MR) is 126 cm³/mol. The molecular weight excluding hydrogens is 446 g/mol. The minimum Gasteiger partial charge on any atom is -0.339 e. The van der Waals surface area contributed by atoms with E-state index in [1.807, 2.05) is 17.9 Å². The molecule has 2 amide bonds. The molecule has 0 saturated carbocycles. The fraction of sp³-hybridized carbons (Fsp3) is 0.217. The fourth-order valence-corrected chi connectivity index (χ4v) is 5.69. The number of thiophene rings is 1. The average molecular weight is 470 g/mol. The van der Waals surface area contributed by atoms with Crippen LogP contribution in [0.4, 0.5) is 11.4 Å². The van der Waals surface area contributed by atoms with Crippen LogP contribution in [0.2, 0.25) is 0 Å². The van der Waals surface area contributed by atoms with Gasteiger partial charge in [0.1, 0.15) is 4.21 Å². The first kappa shape index (κ1) is 22.0. The molecule has 32 heavy (non-hydrogen) atoms. The van der Waals surface area contributed by atoms with E-state index in [9.17, 15) is 18.0 Å². The Bertz CT molecular complexity index is 1230. The van der Waals surface area contributed by atoms with Crippen molar-refractivity contribution in [2.75, 3.05) is 23.1 Å². The third kappa shape index (κ3) is 4.68. The molecule has 0 bridgehead atoms. The highest BCUT2D eigenvalue weighted by Gasteiger charge is 2.24. The Labute approximate surface area is 191 Å². The Morgan fingerprint density at radius 1 is 0.969 bits per heavy atom. The van der Waals surface area contributed by atoms with E-state index in [2.05, 4.69) is 10.0 Å². The van der Waals surface area contributed by atoms with Crippen LogP contribution in [0.15, 0.2) is 64.2 Å². The van der Waals surface area contributed by atoms with E-state index in [1.165, 1.54) is 18.2 Å². The summed E-state index contributed by atoms with van der Waals surface area (Å²) in [5, 5.41) is 4.53. The molecule has 2 N–H and O–H groups in total. The number of carbonyl (C=O) groups excluding carboxylic acids is 2. The van der Waals surface area contributed by atoms with E-state index in [0.717, 1.165) is 42.8 Å². The van der Waals surface area contributed by atoms with Crippen molar-refractivity contribution in [3.63, 3.8) is 0 Å². The van der Waals surface area contributed by atoms with E-state index in [1.54, 1.807) is 35.7 Å². The molecule has 1 aromatic heterocycles. The molecule has 3 aromatic rings. The van der Waals surface area contributed by atoms with E-state index in [-0.39, 0.29) is 16.0 Å². The van der Waals surface area contributed by atoms with Crippen molar-refractivity contribution in [1.82, 2.24) is 4.90 Å². The summed E-state index contributed by atoms with van der Waals surface area (Å²) in [5.74, 6) is -0.451.